The molecular formula is C36H43N3O5S. The number of amides is 3. The molecule has 3 amide bonds. The van der Waals surface area contributed by atoms with Gasteiger partial charge in [-0.2, -0.15) is 0 Å². The first-order valence-corrected chi connectivity index (χ1v) is 16.9. The van der Waals surface area contributed by atoms with E-state index in [1.54, 1.807) is 21.6 Å². The number of fused-ring (bicyclic) bond motifs is 2. The Bertz CT molecular complexity index is 1480. The molecule has 0 aliphatic carbocycles. The van der Waals surface area contributed by atoms with Gasteiger partial charge in [-0.1, -0.05) is 68.0 Å². The Kier molecular flexibility index (Phi) is 8.85. The van der Waals surface area contributed by atoms with Gasteiger partial charge in [0.25, 0.3) is 0 Å². The highest BCUT2D eigenvalue weighted by atomic mass is 32.2. The van der Waals surface area contributed by atoms with Crippen LogP contribution in [0.2, 0.25) is 0 Å². The minimum absolute atomic E-state index is 0.108. The quantitative estimate of drug-likeness (QED) is 0.390. The van der Waals surface area contributed by atoms with Crippen molar-refractivity contribution in [1.29, 1.82) is 0 Å². The summed E-state index contributed by atoms with van der Waals surface area (Å²) in [5, 5.41) is 10.8. The summed E-state index contributed by atoms with van der Waals surface area (Å²) in [5.74, 6) is -1.22. The smallest absolute Gasteiger partial charge is 0.247 e. The van der Waals surface area contributed by atoms with E-state index in [0.29, 0.717) is 32.7 Å². The normalized spacial score (nSPS) is 29.7. The Balaban J connectivity index is 1.44. The van der Waals surface area contributed by atoms with Crippen LogP contribution in [0.15, 0.2) is 78.9 Å². The third-order valence-corrected chi connectivity index (χ3v) is 11.5. The maximum absolute atomic E-state index is 14.9. The highest BCUT2D eigenvalue weighted by Gasteiger charge is 2.74. The van der Waals surface area contributed by atoms with Crippen LogP contribution in [0.1, 0.15) is 39.2 Å². The van der Waals surface area contributed by atoms with Gasteiger partial charge < -0.3 is 24.5 Å². The van der Waals surface area contributed by atoms with Gasteiger partial charge in [-0.3, -0.25) is 14.4 Å². The molecule has 0 saturated carbocycles. The third-order valence-electron chi connectivity index (χ3n) is 9.74. The Hall–Kier alpha value is -3.56. The number of likely N-dealkylation sites (tertiary alicyclic amines) is 1. The van der Waals surface area contributed by atoms with Crippen LogP contribution >= 0.6 is 11.8 Å². The van der Waals surface area contributed by atoms with Crippen LogP contribution in [-0.4, -0.2) is 87.1 Å². The fourth-order valence-electron chi connectivity index (χ4n) is 7.71. The van der Waals surface area contributed by atoms with Crippen LogP contribution in [0, 0.1) is 11.8 Å². The molecule has 238 valence electrons. The number of unbranched alkanes of at least 4 members (excludes halogenated alkanes) is 1. The summed E-state index contributed by atoms with van der Waals surface area (Å²) in [5.41, 5.74) is 1.71. The molecule has 1 N–H and O–H groups in total. The van der Waals surface area contributed by atoms with Crippen LogP contribution in [0.5, 0.6) is 5.75 Å². The number of carbonyl (C=O) groups is 3. The van der Waals surface area contributed by atoms with Crippen molar-refractivity contribution in [3.05, 3.63) is 84.5 Å². The zero-order chi connectivity index (χ0) is 31.8. The van der Waals surface area contributed by atoms with Crippen LogP contribution in [-0.2, 0) is 20.8 Å². The second-order valence-electron chi connectivity index (χ2n) is 12.6. The Morgan fingerprint density at radius 2 is 1.67 bits per heavy atom. The molecule has 2 fully saturated rings. The molecule has 6 atom stereocenters. The minimum atomic E-state index is -0.958. The van der Waals surface area contributed by atoms with E-state index < -0.39 is 33.4 Å². The molecule has 2 saturated heterocycles. The van der Waals surface area contributed by atoms with Crippen molar-refractivity contribution in [2.24, 2.45) is 11.8 Å². The highest BCUT2D eigenvalue weighted by molar-refractivity contribution is 8.02. The van der Waals surface area contributed by atoms with Crippen molar-refractivity contribution >= 4 is 35.2 Å². The fourth-order valence-corrected chi connectivity index (χ4v) is 9.85. The molecule has 8 nitrogen and oxygen atoms in total. The first kappa shape index (κ1) is 31.4. The number of anilines is 1. The fraction of sp³-hybridized carbons (Fsp3) is 0.472. The molecule has 9 heteroatoms. The number of hydrogen-bond donors (Lipinski definition) is 1. The zero-order valence-electron chi connectivity index (χ0n) is 26.3. The number of aliphatic hydroxyl groups excluding tert-OH is 1. The summed E-state index contributed by atoms with van der Waals surface area (Å²) in [6.45, 7) is 7.75. The molecule has 45 heavy (non-hydrogen) atoms. The van der Waals surface area contributed by atoms with Crippen LogP contribution < -0.4 is 9.64 Å². The zero-order valence-corrected chi connectivity index (χ0v) is 27.1. The van der Waals surface area contributed by atoms with E-state index in [9.17, 15) is 19.5 Å². The predicted octanol–water partition coefficient (Wildman–Crippen LogP) is 4.48. The number of aliphatic hydroxyl groups is 1. The minimum Gasteiger partial charge on any atom is -0.494 e. The standard InChI is InChI=1S/C36H43N3O5S/c1-4-6-20-37-21-11-19-36-30(33(42)39(31(36)34(37)43)27(24-40)23-25-12-8-7-9-13-25)29-32(41)38(22-10-18-35(29,3)45-36)26-14-16-28(17-15-26)44-5-2/h7-19,27,29-31,40H,4-6,20-24H2,1-3H3/t27-,29+,30+,31?,35-,36+/m1/s1. The summed E-state index contributed by atoms with van der Waals surface area (Å²) in [4.78, 5) is 49.5. The van der Waals surface area contributed by atoms with Crippen LogP contribution in [0.3, 0.4) is 0 Å². The van der Waals surface area contributed by atoms with Crippen LogP contribution in [0.25, 0.3) is 0 Å². The summed E-state index contributed by atoms with van der Waals surface area (Å²) >= 11 is 1.57. The number of ether oxygens (including phenoxy) is 1. The van der Waals surface area contributed by atoms with Gasteiger partial charge in [0.05, 0.1) is 35.8 Å². The van der Waals surface area contributed by atoms with Crippen molar-refractivity contribution in [2.75, 3.05) is 37.7 Å². The van der Waals surface area contributed by atoms with E-state index in [1.807, 2.05) is 91.6 Å². The first-order valence-electron chi connectivity index (χ1n) is 16.1. The lowest BCUT2D eigenvalue weighted by atomic mass is 9.74. The second-order valence-corrected chi connectivity index (χ2v) is 14.4. The van der Waals surface area contributed by atoms with E-state index in [4.69, 9.17) is 4.74 Å². The van der Waals surface area contributed by atoms with Crippen LogP contribution in [0.4, 0.5) is 5.69 Å². The SMILES string of the molecule is CCCCN1CC=C[C@]23S[C@]4(C)C=CCN(c5ccc(OCC)cc5)C(=O)[C@@H]4[C@H]2C(=O)N([C@@H](CO)Cc2ccccc2)C3C1=O. The van der Waals surface area contributed by atoms with Gasteiger partial charge in [-0.05, 0) is 56.5 Å². The number of rotatable bonds is 10. The molecule has 2 aromatic rings. The molecule has 0 aromatic heterocycles. The van der Waals surface area contributed by atoms with Crippen molar-refractivity contribution in [3.63, 3.8) is 0 Å². The molecule has 0 radical (unpaired) electrons. The highest BCUT2D eigenvalue weighted by Crippen LogP contribution is 2.66. The molecule has 0 bridgehead atoms. The van der Waals surface area contributed by atoms with Crippen molar-refractivity contribution in [1.82, 2.24) is 9.80 Å². The Morgan fingerprint density at radius 3 is 2.36 bits per heavy atom. The summed E-state index contributed by atoms with van der Waals surface area (Å²) in [6, 6.07) is 15.8. The topological polar surface area (TPSA) is 90.4 Å². The number of benzene rings is 2. The molecule has 6 rings (SSSR count). The van der Waals surface area contributed by atoms with E-state index >= 15 is 0 Å². The molecular weight excluding hydrogens is 586 g/mol. The molecule has 4 aliphatic heterocycles. The van der Waals surface area contributed by atoms with Crippen molar-refractivity contribution in [2.45, 2.75) is 61.6 Å². The van der Waals surface area contributed by atoms with E-state index in [1.165, 1.54) is 0 Å². The second kappa shape index (κ2) is 12.7. The average Bonchev–Trinajstić information content (AvgIpc) is 3.32. The molecule has 4 heterocycles. The van der Waals surface area contributed by atoms with Gasteiger partial charge in [0.2, 0.25) is 17.7 Å². The van der Waals surface area contributed by atoms with Crippen molar-refractivity contribution in [3.8, 4) is 5.75 Å². The maximum Gasteiger partial charge on any atom is 0.247 e. The number of thioether (sulfide) groups is 1. The number of nitrogens with zero attached hydrogens (tertiary/aromatic N) is 3. The summed E-state index contributed by atoms with van der Waals surface area (Å²) in [7, 11) is 0. The first-order chi connectivity index (χ1) is 21.8. The Morgan fingerprint density at radius 1 is 0.933 bits per heavy atom. The number of hydrogen-bond acceptors (Lipinski definition) is 6. The lowest BCUT2D eigenvalue weighted by Gasteiger charge is -2.40. The monoisotopic (exact) mass is 629 g/mol. The van der Waals surface area contributed by atoms with E-state index in [-0.39, 0.29) is 24.3 Å². The molecule has 1 spiro atoms. The third kappa shape index (κ3) is 5.37. The lowest BCUT2D eigenvalue weighted by Crippen LogP contribution is -2.57. The largest absolute Gasteiger partial charge is 0.494 e. The van der Waals surface area contributed by atoms with Gasteiger partial charge in [0.15, 0.2) is 0 Å². The molecule has 2 aromatic carbocycles. The Labute approximate surface area is 270 Å². The summed E-state index contributed by atoms with van der Waals surface area (Å²) in [6.07, 6.45) is 10.4. The van der Waals surface area contributed by atoms with Gasteiger partial charge in [-0.25, -0.2) is 0 Å². The van der Waals surface area contributed by atoms with Gasteiger partial charge in [0.1, 0.15) is 11.8 Å². The van der Waals surface area contributed by atoms with Crippen molar-refractivity contribution < 1.29 is 24.2 Å². The van der Waals surface area contributed by atoms with E-state index in [2.05, 4.69) is 13.0 Å². The predicted molar refractivity (Wildman–Crippen MR) is 177 cm³/mol. The van der Waals surface area contributed by atoms with Gasteiger partial charge >= 0.3 is 0 Å². The molecule has 4 aliphatic rings. The molecule has 1 unspecified atom stereocenters. The van der Waals surface area contributed by atoms with Gasteiger partial charge in [-0.15, -0.1) is 11.8 Å². The lowest BCUT2D eigenvalue weighted by molar-refractivity contribution is -0.145. The average molecular weight is 630 g/mol. The maximum atomic E-state index is 14.9. The summed E-state index contributed by atoms with van der Waals surface area (Å²) < 4.78 is 3.95. The van der Waals surface area contributed by atoms with Gasteiger partial charge in [0, 0.05) is 30.1 Å². The van der Waals surface area contributed by atoms with E-state index in [0.717, 1.165) is 29.8 Å². The number of carbonyl (C=O) groups excluding carboxylic acids is 3.